The van der Waals surface area contributed by atoms with Crippen molar-refractivity contribution in [3.8, 4) is 5.75 Å². The minimum Gasteiger partial charge on any atom is -0.494 e. The molecule has 1 heterocycles. The minimum atomic E-state index is -3.52. The fourth-order valence-corrected chi connectivity index (χ4v) is 4.00. The van der Waals surface area contributed by atoms with Crippen LogP contribution in [0.4, 0.5) is 0 Å². The Labute approximate surface area is 170 Å². The summed E-state index contributed by atoms with van der Waals surface area (Å²) in [5.74, 6) is 0.425. The summed E-state index contributed by atoms with van der Waals surface area (Å²) in [6.45, 7) is 2.89. The summed E-state index contributed by atoms with van der Waals surface area (Å²) in [7, 11) is -3.52. The molecule has 0 fully saturated rings. The molecule has 0 spiro atoms. The summed E-state index contributed by atoms with van der Waals surface area (Å²) in [5, 5.41) is 2.74. The van der Waals surface area contributed by atoms with Crippen LogP contribution in [0, 0.1) is 6.92 Å². The van der Waals surface area contributed by atoms with Crippen LogP contribution in [-0.2, 0) is 15.6 Å². The second kappa shape index (κ2) is 9.43. The van der Waals surface area contributed by atoms with Crippen molar-refractivity contribution >= 4 is 15.7 Å². The predicted octanol–water partition coefficient (Wildman–Crippen LogP) is 3.76. The number of amides is 1. The van der Waals surface area contributed by atoms with Crippen LogP contribution in [0.2, 0.25) is 0 Å². The SMILES string of the molecule is Cc1cccc(OCCCNC(=O)c2ccc(CS(=O)(=O)c3ccccc3)o2)c1. The van der Waals surface area contributed by atoms with Crippen LogP contribution < -0.4 is 10.1 Å². The van der Waals surface area contributed by atoms with Gasteiger partial charge in [0.05, 0.1) is 11.5 Å². The van der Waals surface area contributed by atoms with E-state index in [9.17, 15) is 13.2 Å². The molecule has 0 aliphatic rings. The number of carbonyl (C=O) groups excluding carboxylic acids is 1. The van der Waals surface area contributed by atoms with E-state index in [0.717, 1.165) is 11.3 Å². The van der Waals surface area contributed by atoms with Crippen molar-refractivity contribution in [2.24, 2.45) is 0 Å². The summed E-state index contributed by atoms with van der Waals surface area (Å²) in [6, 6.07) is 18.9. The highest BCUT2D eigenvalue weighted by atomic mass is 32.2. The first-order valence-corrected chi connectivity index (χ1v) is 10.9. The zero-order valence-corrected chi connectivity index (χ0v) is 16.9. The van der Waals surface area contributed by atoms with Crippen LogP contribution in [0.5, 0.6) is 5.75 Å². The topological polar surface area (TPSA) is 85.6 Å². The highest BCUT2D eigenvalue weighted by molar-refractivity contribution is 7.90. The minimum absolute atomic E-state index is 0.0860. The Morgan fingerprint density at radius 2 is 1.83 bits per heavy atom. The highest BCUT2D eigenvalue weighted by Crippen LogP contribution is 2.18. The quantitative estimate of drug-likeness (QED) is 0.540. The highest BCUT2D eigenvalue weighted by Gasteiger charge is 2.19. The molecule has 152 valence electrons. The molecule has 2 aromatic carbocycles. The average molecular weight is 413 g/mol. The molecule has 0 bridgehead atoms. The van der Waals surface area contributed by atoms with Gasteiger partial charge in [-0.05, 0) is 55.3 Å². The van der Waals surface area contributed by atoms with Gasteiger partial charge in [0, 0.05) is 6.54 Å². The van der Waals surface area contributed by atoms with Crippen LogP contribution in [0.1, 0.15) is 28.3 Å². The molecule has 6 nitrogen and oxygen atoms in total. The maximum Gasteiger partial charge on any atom is 0.286 e. The van der Waals surface area contributed by atoms with Crippen LogP contribution in [0.25, 0.3) is 0 Å². The van der Waals surface area contributed by atoms with Crippen molar-refractivity contribution in [1.82, 2.24) is 5.32 Å². The van der Waals surface area contributed by atoms with Crippen LogP contribution >= 0.6 is 0 Å². The van der Waals surface area contributed by atoms with Gasteiger partial charge in [0.1, 0.15) is 17.3 Å². The fourth-order valence-electron chi connectivity index (χ4n) is 2.73. The smallest absolute Gasteiger partial charge is 0.286 e. The molecule has 29 heavy (non-hydrogen) atoms. The van der Waals surface area contributed by atoms with Crippen LogP contribution in [0.15, 0.2) is 76.0 Å². The van der Waals surface area contributed by atoms with E-state index in [0.29, 0.717) is 19.6 Å². The Kier molecular flexibility index (Phi) is 6.72. The third-order valence-corrected chi connectivity index (χ3v) is 5.84. The van der Waals surface area contributed by atoms with E-state index in [2.05, 4.69) is 5.32 Å². The molecule has 0 saturated carbocycles. The van der Waals surface area contributed by atoms with E-state index in [1.165, 1.54) is 24.3 Å². The first-order chi connectivity index (χ1) is 13.9. The normalized spacial score (nSPS) is 11.2. The van der Waals surface area contributed by atoms with Crippen molar-refractivity contribution in [1.29, 1.82) is 0 Å². The maximum absolute atomic E-state index is 12.4. The van der Waals surface area contributed by atoms with Gasteiger partial charge in [0.25, 0.3) is 5.91 Å². The predicted molar refractivity (Wildman–Crippen MR) is 110 cm³/mol. The number of benzene rings is 2. The Morgan fingerprint density at radius 1 is 1.03 bits per heavy atom. The summed E-state index contributed by atoms with van der Waals surface area (Å²) >= 11 is 0. The molecule has 7 heteroatoms. The molecule has 0 aliphatic heterocycles. The number of hydrogen-bond acceptors (Lipinski definition) is 5. The van der Waals surface area contributed by atoms with E-state index in [4.69, 9.17) is 9.15 Å². The van der Waals surface area contributed by atoms with Crippen LogP contribution in [0.3, 0.4) is 0 Å². The van der Waals surface area contributed by atoms with Crippen LogP contribution in [-0.4, -0.2) is 27.5 Å². The Hall–Kier alpha value is -3.06. The summed E-state index contributed by atoms with van der Waals surface area (Å²) in [4.78, 5) is 12.4. The largest absolute Gasteiger partial charge is 0.494 e. The standard InChI is InChI=1S/C22H23NO5S/c1-17-7-5-8-18(15-17)27-14-6-13-23-22(24)21-12-11-19(28-21)16-29(25,26)20-9-3-2-4-10-20/h2-5,7-12,15H,6,13-14,16H2,1H3,(H,23,24). The molecular formula is C22H23NO5S. The molecule has 1 amide bonds. The summed E-state index contributed by atoms with van der Waals surface area (Å²) in [6.07, 6.45) is 0.635. The average Bonchev–Trinajstić information content (AvgIpc) is 3.16. The van der Waals surface area contributed by atoms with E-state index >= 15 is 0 Å². The van der Waals surface area contributed by atoms with Crippen molar-refractivity contribution in [2.75, 3.05) is 13.2 Å². The molecule has 3 aromatic rings. The number of sulfone groups is 1. The van der Waals surface area contributed by atoms with Gasteiger partial charge < -0.3 is 14.5 Å². The van der Waals surface area contributed by atoms with Crippen molar-refractivity contribution < 1.29 is 22.4 Å². The number of hydrogen-bond donors (Lipinski definition) is 1. The lowest BCUT2D eigenvalue weighted by atomic mass is 10.2. The lowest BCUT2D eigenvalue weighted by Gasteiger charge is -2.07. The van der Waals surface area contributed by atoms with E-state index in [1.807, 2.05) is 31.2 Å². The molecule has 3 rings (SSSR count). The Bertz CT molecular complexity index is 1060. The molecular weight excluding hydrogens is 390 g/mol. The number of furan rings is 1. The summed E-state index contributed by atoms with van der Waals surface area (Å²) in [5.41, 5.74) is 1.12. The van der Waals surface area contributed by atoms with Crippen molar-refractivity contribution in [3.63, 3.8) is 0 Å². The Balaban J connectivity index is 1.45. The number of ether oxygens (including phenoxy) is 1. The van der Waals surface area contributed by atoms with E-state index in [1.54, 1.807) is 18.2 Å². The zero-order chi connectivity index (χ0) is 20.7. The van der Waals surface area contributed by atoms with E-state index in [-0.39, 0.29) is 28.1 Å². The molecule has 0 radical (unpaired) electrons. The lowest BCUT2D eigenvalue weighted by molar-refractivity contribution is 0.0922. The number of nitrogens with one attached hydrogen (secondary N) is 1. The first-order valence-electron chi connectivity index (χ1n) is 9.28. The van der Waals surface area contributed by atoms with Gasteiger partial charge in [0.2, 0.25) is 0 Å². The van der Waals surface area contributed by atoms with Gasteiger partial charge >= 0.3 is 0 Å². The zero-order valence-electron chi connectivity index (χ0n) is 16.1. The summed E-state index contributed by atoms with van der Waals surface area (Å²) < 4.78 is 35.8. The number of aryl methyl sites for hydroxylation is 1. The number of carbonyl (C=O) groups is 1. The third kappa shape index (κ3) is 5.96. The van der Waals surface area contributed by atoms with Crippen molar-refractivity contribution in [2.45, 2.75) is 24.0 Å². The van der Waals surface area contributed by atoms with Gasteiger partial charge in [0.15, 0.2) is 15.6 Å². The van der Waals surface area contributed by atoms with Gasteiger partial charge in [-0.3, -0.25) is 4.79 Å². The molecule has 1 N–H and O–H groups in total. The molecule has 1 aromatic heterocycles. The van der Waals surface area contributed by atoms with Gasteiger partial charge in [-0.2, -0.15) is 0 Å². The fraction of sp³-hybridized carbons (Fsp3) is 0.227. The lowest BCUT2D eigenvalue weighted by Crippen LogP contribution is -2.25. The second-order valence-corrected chi connectivity index (χ2v) is 8.60. The molecule has 0 saturated heterocycles. The maximum atomic E-state index is 12.4. The Morgan fingerprint density at radius 3 is 2.59 bits per heavy atom. The van der Waals surface area contributed by atoms with Gasteiger partial charge in [-0.1, -0.05) is 30.3 Å². The molecule has 0 aliphatic carbocycles. The first kappa shape index (κ1) is 20.7. The van der Waals surface area contributed by atoms with Gasteiger partial charge in [-0.25, -0.2) is 8.42 Å². The monoisotopic (exact) mass is 413 g/mol. The molecule has 0 atom stereocenters. The molecule has 0 unspecified atom stereocenters. The van der Waals surface area contributed by atoms with Gasteiger partial charge in [-0.15, -0.1) is 0 Å². The third-order valence-electron chi connectivity index (χ3n) is 4.18. The second-order valence-electron chi connectivity index (χ2n) is 6.61. The number of rotatable bonds is 9. The van der Waals surface area contributed by atoms with Crippen molar-refractivity contribution in [3.05, 3.63) is 83.8 Å². The van der Waals surface area contributed by atoms with E-state index < -0.39 is 9.84 Å².